The molecule has 0 aromatic heterocycles. The molecule has 0 N–H and O–H groups in total. The monoisotopic (exact) mass is 309 g/mol. The number of alkyl halides is 1. The van der Waals surface area contributed by atoms with E-state index < -0.39 is 6.04 Å². The Hall–Kier alpha value is -2.39. The molecule has 108 valence electrons. The molecule has 0 radical (unpaired) electrons. The minimum atomic E-state index is -0.856. The summed E-state index contributed by atoms with van der Waals surface area (Å²) in [5, 5.41) is 13.4. The smallest absolute Gasteiger partial charge is 0.263 e. The van der Waals surface area contributed by atoms with Crippen molar-refractivity contribution in [2.75, 3.05) is 0 Å². The van der Waals surface area contributed by atoms with Gasteiger partial charge in [-0.25, -0.2) is 0 Å². The normalized spacial score (nSPS) is 19.5. The summed E-state index contributed by atoms with van der Waals surface area (Å²) in [6, 6.07) is 18.3. The fourth-order valence-corrected chi connectivity index (χ4v) is 3.67. The first-order valence-electron chi connectivity index (χ1n) is 7.06. The van der Waals surface area contributed by atoms with E-state index in [-0.39, 0.29) is 10.3 Å². The van der Waals surface area contributed by atoms with E-state index in [0.29, 0.717) is 11.1 Å². The van der Waals surface area contributed by atoms with Gasteiger partial charge in [0.1, 0.15) is 0 Å². The van der Waals surface area contributed by atoms with Gasteiger partial charge in [-0.1, -0.05) is 48.5 Å². The maximum absolute atomic E-state index is 11.7. The molecule has 3 aromatic rings. The number of hydrogen-bond acceptors (Lipinski definition) is 2. The fourth-order valence-electron chi connectivity index (χ4n) is 3.28. The second-order valence-electron chi connectivity index (χ2n) is 5.51. The van der Waals surface area contributed by atoms with Crippen LogP contribution in [0.15, 0.2) is 60.7 Å². The molecule has 2 atom stereocenters. The lowest BCUT2D eigenvalue weighted by molar-refractivity contribution is -0.517. The van der Waals surface area contributed by atoms with Gasteiger partial charge in [0.25, 0.3) is 6.04 Å². The molecular weight excluding hydrogens is 298 g/mol. The van der Waals surface area contributed by atoms with Gasteiger partial charge in [-0.2, -0.15) is 0 Å². The Labute approximate surface area is 132 Å². The Morgan fingerprint density at radius 1 is 0.818 bits per heavy atom. The van der Waals surface area contributed by atoms with Crippen LogP contribution >= 0.6 is 11.6 Å². The molecule has 1 aliphatic rings. The molecule has 4 rings (SSSR count). The lowest BCUT2D eigenvalue weighted by atomic mass is 9.81. The standard InChI is InChI=1S/C18H12ClNO2/c19-17-13-7-3-4-8-14(13)18(20(21)22)16-10-12-6-2-1-5-11(12)9-15(16)17/h1-10,17-18H. The molecule has 0 aliphatic heterocycles. The molecule has 0 heterocycles. The summed E-state index contributed by atoms with van der Waals surface area (Å²) < 4.78 is 0. The number of rotatable bonds is 1. The van der Waals surface area contributed by atoms with Crippen LogP contribution in [0.5, 0.6) is 0 Å². The van der Waals surface area contributed by atoms with E-state index in [0.717, 1.165) is 21.9 Å². The van der Waals surface area contributed by atoms with Crippen LogP contribution in [0.2, 0.25) is 0 Å². The van der Waals surface area contributed by atoms with Crippen LogP contribution in [-0.2, 0) is 0 Å². The summed E-state index contributed by atoms with van der Waals surface area (Å²) in [5.41, 5.74) is 3.05. The van der Waals surface area contributed by atoms with Crippen molar-refractivity contribution in [2.45, 2.75) is 11.4 Å². The Kier molecular flexibility index (Phi) is 2.91. The van der Waals surface area contributed by atoms with Gasteiger partial charge in [0.05, 0.1) is 5.38 Å². The van der Waals surface area contributed by atoms with Gasteiger partial charge in [-0.15, -0.1) is 11.6 Å². The maximum atomic E-state index is 11.7. The van der Waals surface area contributed by atoms with Gasteiger partial charge in [0, 0.05) is 16.1 Å². The molecule has 0 amide bonds. The maximum Gasteiger partial charge on any atom is 0.263 e. The van der Waals surface area contributed by atoms with Crippen LogP contribution in [0, 0.1) is 10.1 Å². The molecule has 0 saturated heterocycles. The molecule has 2 unspecified atom stereocenters. The first kappa shape index (κ1) is 13.3. The topological polar surface area (TPSA) is 43.1 Å². The summed E-state index contributed by atoms with van der Waals surface area (Å²) in [4.78, 5) is 11.5. The van der Waals surface area contributed by atoms with Gasteiger partial charge in [0.15, 0.2) is 0 Å². The van der Waals surface area contributed by atoms with Crippen molar-refractivity contribution in [2.24, 2.45) is 0 Å². The zero-order chi connectivity index (χ0) is 15.3. The molecule has 0 saturated carbocycles. The number of benzene rings is 3. The van der Waals surface area contributed by atoms with Gasteiger partial charge in [-0.3, -0.25) is 10.1 Å². The van der Waals surface area contributed by atoms with Gasteiger partial charge >= 0.3 is 0 Å². The quantitative estimate of drug-likeness (QED) is 0.366. The average molecular weight is 310 g/mol. The van der Waals surface area contributed by atoms with Crippen LogP contribution in [0.25, 0.3) is 10.8 Å². The zero-order valence-corrected chi connectivity index (χ0v) is 12.3. The number of hydrogen-bond donors (Lipinski definition) is 0. The number of halogens is 1. The SMILES string of the molecule is O=[N+]([O-])C1c2ccccc2C(Cl)c2cc3ccccc3cc21. The highest BCUT2D eigenvalue weighted by atomic mass is 35.5. The third-order valence-electron chi connectivity index (χ3n) is 4.29. The Morgan fingerprint density at radius 2 is 1.36 bits per heavy atom. The Bertz CT molecular complexity index is 906. The summed E-state index contributed by atoms with van der Waals surface area (Å²) in [7, 11) is 0. The molecule has 3 nitrogen and oxygen atoms in total. The second-order valence-corrected chi connectivity index (χ2v) is 5.94. The lowest BCUT2D eigenvalue weighted by Gasteiger charge is -2.27. The predicted molar refractivity (Wildman–Crippen MR) is 86.9 cm³/mol. The first-order chi connectivity index (χ1) is 10.7. The van der Waals surface area contributed by atoms with Crippen LogP contribution in [0.3, 0.4) is 0 Å². The van der Waals surface area contributed by atoms with Crippen LogP contribution in [0.4, 0.5) is 0 Å². The van der Waals surface area contributed by atoms with Crippen molar-refractivity contribution in [3.8, 4) is 0 Å². The highest BCUT2D eigenvalue weighted by Crippen LogP contribution is 2.46. The van der Waals surface area contributed by atoms with E-state index in [1.165, 1.54) is 0 Å². The van der Waals surface area contributed by atoms with E-state index in [1.807, 2.05) is 54.6 Å². The largest absolute Gasteiger partial charge is 0.264 e. The number of nitrogens with zero attached hydrogens (tertiary/aromatic N) is 1. The molecule has 0 bridgehead atoms. The van der Waals surface area contributed by atoms with Crippen molar-refractivity contribution in [3.63, 3.8) is 0 Å². The molecule has 1 aliphatic carbocycles. The third-order valence-corrected chi connectivity index (χ3v) is 4.76. The van der Waals surface area contributed by atoms with Crippen molar-refractivity contribution in [3.05, 3.63) is 93.0 Å². The molecule has 3 aromatic carbocycles. The van der Waals surface area contributed by atoms with Gasteiger partial charge in [-0.05, 0) is 34.0 Å². The molecule has 0 spiro atoms. The van der Waals surface area contributed by atoms with E-state index in [9.17, 15) is 10.1 Å². The van der Waals surface area contributed by atoms with Crippen molar-refractivity contribution in [1.82, 2.24) is 0 Å². The Morgan fingerprint density at radius 3 is 2.00 bits per heavy atom. The minimum Gasteiger partial charge on any atom is -0.264 e. The average Bonchev–Trinajstić information content (AvgIpc) is 2.53. The van der Waals surface area contributed by atoms with E-state index in [2.05, 4.69) is 0 Å². The lowest BCUT2D eigenvalue weighted by Crippen LogP contribution is -2.21. The summed E-state index contributed by atoms with van der Waals surface area (Å²) in [6.07, 6.45) is 0. The summed E-state index contributed by atoms with van der Waals surface area (Å²) in [5.74, 6) is 0. The van der Waals surface area contributed by atoms with E-state index >= 15 is 0 Å². The van der Waals surface area contributed by atoms with E-state index in [4.69, 9.17) is 11.6 Å². The molecule has 4 heteroatoms. The predicted octanol–water partition coefficient (Wildman–Crippen LogP) is 4.85. The molecule has 0 fully saturated rings. The van der Waals surface area contributed by atoms with Crippen molar-refractivity contribution >= 4 is 22.4 Å². The third kappa shape index (κ3) is 1.82. The van der Waals surface area contributed by atoms with Crippen LogP contribution < -0.4 is 0 Å². The van der Waals surface area contributed by atoms with E-state index in [1.54, 1.807) is 6.07 Å². The summed E-state index contributed by atoms with van der Waals surface area (Å²) >= 11 is 6.63. The number of nitro groups is 1. The minimum absolute atomic E-state index is 0.227. The van der Waals surface area contributed by atoms with Crippen LogP contribution in [0.1, 0.15) is 33.7 Å². The number of fused-ring (bicyclic) bond motifs is 3. The van der Waals surface area contributed by atoms with Gasteiger partial charge < -0.3 is 0 Å². The first-order valence-corrected chi connectivity index (χ1v) is 7.49. The van der Waals surface area contributed by atoms with Crippen LogP contribution in [-0.4, -0.2) is 4.92 Å². The second kappa shape index (κ2) is 4.82. The highest BCUT2D eigenvalue weighted by molar-refractivity contribution is 6.23. The molecule has 22 heavy (non-hydrogen) atoms. The highest BCUT2D eigenvalue weighted by Gasteiger charge is 2.38. The fraction of sp³-hybridized carbons (Fsp3) is 0.111. The van der Waals surface area contributed by atoms with Crippen molar-refractivity contribution in [1.29, 1.82) is 0 Å². The Balaban J connectivity index is 2.06. The van der Waals surface area contributed by atoms with Crippen molar-refractivity contribution < 1.29 is 4.92 Å². The van der Waals surface area contributed by atoms with Gasteiger partial charge in [0.2, 0.25) is 0 Å². The molecular formula is C18H12ClNO2. The zero-order valence-electron chi connectivity index (χ0n) is 11.6. The summed E-state index contributed by atoms with van der Waals surface area (Å²) in [6.45, 7) is 0.